The van der Waals surface area contributed by atoms with Crippen LogP contribution in [-0.2, 0) is 0 Å². The van der Waals surface area contributed by atoms with E-state index in [-0.39, 0.29) is 22.8 Å². The molecule has 11 heteroatoms. The maximum absolute atomic E-state index is 13.3. The van der Waals surface area contributed by atoms with Gasteiger partial charge >= 0.3 is 5.97 Å². The van der Waals surface area contributed by atoms with Crippen LogP contribution in [0.3, 0.4) is 0 Å². The second-order valence-corrected chi connectivity index (χ2v) is 10.2. The number of hydrogen-bond donors (Lipinski definition) is 2. The second kappa shape index (κ2) is 12.6. The molecule has 4 aromatic carbocycles. The summed E-state index contributed by atoms with van der Waals surface area (Å²) in [5.74, 6) is -0.393. The molecule has 0 aliphatic carbocycles. The Bertz CT molecular complexity index is 1840. The summed E-state index contributed by atoms with van der Waals surface area (Å²) in [7, 11) is 2.88. The quantitative estimate of drug-likeness (QED) is 0.0796. The highest BCUT2D eigenvalue weighted by molar-refractivity contribution is 6.40. The van der Waals surface area contributed by atoms with E-state index in [2.05, 4.69) is 15.5 Å². The zero-order valence-corrected chi connectivity index (χ0v) is 24.5. The van der Waals surface area contributed by atoms with Gasteiger partial charge in [-0.15, -0.1) is 0 Å². The third-order valence-corrected chi connectivity index (χ3v) is 7.01. The molecule has 0 bridgehead atoms. The third-order valence-electron chi connectivity index (χ3n) is 6.26. The number of nitrogens with one attached hydrogen (secondary N) is 2. The first kappa shape index (κ1) is 29.0. The number of benzene rings is 4. The maximum Gasteiger partial charge on any atom is 0.347 e. The van der Waals surface area contributed by atoms with Crippen LogP contribution >= 0.6 is 34.8 Å². The largest absolute Gasteiger partial charge is 0.496 e. The molecule has 0 unspecified atom stereocenters. The molecule has 1 aromatic heterocycles. The van der Waals surface area contributed by atoms with Crippen LogP contribution < -0.4 is 19.6 Å². The van der Waals surface area contributed by atoms with Crippen LogP contribution in [0, 0.1) is 0 Å². The molecule has 5 rings (SSSR count). The Morgan fingerprint density at radius 3 is 2.31 bits per heavy atom. The van der Waals surface area contributed by atoms with Crippen LogP contribution in [0.4, 0.5) is 0 Å². The highest BCUT2D eigenvalue weighted by Gasteiger charge is 2.22. The Kier molecular flexibility index (Phi) is 8.68. The number of methoxy groups -OCH3 is 2. The van der Waals surface area contributed by atoms with Gasteiger partial charge in [0.2, 0.25) is 0 Å². The molecule has 0 radical (unpaired) electrons. The van der Waals surface area contributed by atoms with E-state index < -0.39 is 11.9 Å². The Morgan fingerprint density at radius 1 is 0.833 bits per heavy atom. The van der Waals surface area contributed by atoms with Gasteiger partial charge < -0.3 is 19.2 Å². The summed E-state index contributed by atoms with van der Waals surface area (Å²) < 4.78 is 16.2. The van der Waals surface area contributed by atoms with Gasteiger partial charge in [0.25, 0.3) is 5.91 Å². The van der Waals surface area contributed by atoms with Crippen molar-refractivity contribution in [1.29, 1.82) is 0 Å². The van der Waals surface area contributed by atoms with Gasteiger partial charge in [0.05, 0.1) is 25.5 Å². The SMILES string of the molecule is COc1cc(C=NNC(=O)c2[nH]c3cc(Cl)cc(Cl)c3c2-c2ccccc2)ccc1OC(=O)c1cc(Cl)ccc1OC. The van der Waals surface area contributed by atoms with E-state index in [0.717, 1.165) is 5.56 Å². The number of rotatable bonds is 8. The van der Waals surface area contributed by atoms with Crippen molar-refractivity contribution in [1.82, 2.24) is 10.4 Å². The van der Waals surface area contributed by atoms with Gasteiger partial charge in [0.1, 0.15) is 17.0 Å². The van der Waals surface area contributed by atoms with Crippen molar-refractivity contribution in [2.45, 2.75) is 0 Å². The molecule has 0 aliphatic heterocycles. The van der Waals surface area contributed by atoms with E-state index >= 15 is 0 Å². The number of nitrogens with zero attached hydrogens (tertiary/aromatic N) is 1. The number of amides is 1. The Morgan fingerprint density at radius 2 is 1.57 bits per heavy atom. The first-order valence-corrected chi connectivity index (χ1v) is 13.6. The fourth-order valence-electron chi connectivity index (χ4n) is 4.38. The number of carbonyl (C=O) groups is 2. The topological polar surface area (TPSA) is 102 Å². The molecule has 42 heavy (non-hydrogen) atoms. The molecule has 8 nitrogen and oxygen atoms in total. The van der Waals surface area contributed by atoms with Crippen molar-refractivity contribution in [3.63, 3.8) is 0 Å². The minimum absolute atomic E-state index is 0.163. The van der Waals surface area contributed by atoms with Crippen LogP contribution in [0.5, 0.6) is 17.2 Å². The fourth-order valence-corrected chi connectivity index (χ4v) is 5.14. The monoisotopic (exact) mass is 621 g/mol. The second-order valence-electron chi connectivity index (χ2n) is 8.89. The average molecular weight is 623 g/mol. The molecule has 2 N–H and O–H groups in total. The summed E-state index contributed by atoms with van der Waals surface area (Å²) in [4.78, 5) is 29.2. The predicted molar refractivity (Wildman–Crippen MR) is 165 cm³/mol. The smallest absolute Gasteiger partial charge is 0.347 e. The van der Waals surface area contributed by atoms with Gasteiger partial charge in [0, 0.05) is 26.5 Å². The van der Waals surface area contributed by atoms with Crippen molar-refractivity contribution in [2.75, 3.05) is 14.2 Å². The van der Waals surface area contributed by atoms with Crippen molar-refractivity contribution in [3.05, 3.63) is 111 Å². The Labute approximate surface area is 255 Å². The Balaban J connectivity index is 1.37. The zero-order chi connectivity index (χ0) is 29.8. The molecule has 212 valence electrons. The summed E-state index contributed by atoms with van der Waals surface area (Å²) in [5.41, 5.74) is 5.60. The van der Waals surface area contributed by atoms with E-state index in [1.807, 2.05) is 30.3 Å². The van der Waals surface area contributed by atoms with Crippen LogP contribution in [0.25, 0.3) is 22.0 Å². The zero-order valence-electron chi connectivity index (χ0n) is 22.2. The molecule has 5 aromatic rings. The first-order chi connectivity index (χ1) is 20.3. The molecule has 0 fully saturated rings. The lowest BCUT2D eigenvalue weighted by Gasteiger charge is -2.12. The molecule has 1 amide bonds. The van der Waals surface area contributed by atoms with Crippen LogP contribution in [-0.4, -0.2) is 37.3 Å². The minimum atomic E-state index is -0.671. The number of H-pyrrole nitrogens is 1. The van der Waals surface area contributed by atoms with Gasteiger partial charge in [-0.3, -0.25) is 4.79 Å². The van der Waals surface area contributed by atoms with E-state index in [0.29, 0.717) is 42.8 Å². The van der Waals surface area contributed by atoms with E-state index in [9.17, 15) is 9.59 Å². The van der Waals surface area contributed by atoms with Gasteiger partial charge in [-0.25, -0.2) is 10.2 Å². The summed E-state index contributed by atoms with van der Waals surface area (Å²) in [6, 6.07) is 22.2. The number of ether oxygens (including phenoxy) is 3. The number of carbonyl (C=O) groups excluding carboxylic acids is 2. The van der Waals surface area contributed by atoms with Crippen LogP contribution in [0.15, 0.2) is 84.0 Å². The molecule has 0 atom stereocenters. The van der Waals surface area contributed by atoms with Gasteiger partial charge in [-0.1, -0.05) is 65.1 Å². The van der Waals surface area contributed by atoms with Crippen LogP contribution in [0.2, 0.25) is 15.1 Å². The standard InChI is InChI=1S/C31H22Cl3N3O5/c1-40-24-11-9-19(32)13-21(24)31(39)42-25-10-8-17(12-26(25)41-2)16-35-37-30(38)29-27(18-6-4-3-5-7-18)28-22(34)14-20(33)15-23(28)36-29/h3-16,36H,1-2H3,(H,37,38). The molecular formula is C31H22Cl3N3O5. The summed E-state index contributed by atoms with van der Waals surface area (Å²) in [5, 5.41) is 6.00. The molecular weight excluding hydrogens is 601 g/mol. The van der Waals surface area contributed by atoms with Crippen LogP contribution in [0.1, 0.15) is 26.4 Å². The van der Waals surface area contributed by atoms with E-state index in [1.165, 1.54) is 26.5 Å². The van der Waals surface area contributed by atoms with Crippen molar-refractivity contribution in [2.24, 2.45) is 5.10 Å². The molecule has 0 aliphatic rings. The molecule has 0 spiro atoms. The normalized spacial score (nSPS) is 11.1. The minimum Gasteiger partial charge on any atom is -0.496 e. The van der Waals surface area contributed by atoms with E-state index in [4.69, 9.17) is 49.0 Å². The van der Waals surface area contributed by atoms with E-state index in [1.54, 1.807) is 42.5 Å². The van der Waals surface area contributed by atoms with Crippen molar-refractivity contribution in [3.8, 4) is 28.4 Å². The summed E-state index contributed by atoms with van der Waals surface area (Å²) >= 11 is 18.8. The number of hydrazone groups is 1. The molecule has 0 saturated heterocycles. The lowest BCUT2D eigenvalue weighted by Crippen LogP contribution is -2.18. The average Bonchev–Trinajstić information content (AvgIpc) is 3.38. The number of aromatic nitrogens is 1. The predicted octanol–water partition coefficient (Wildman–Crippen LogP) is 7.80. The van der Waals surface area contributed by atoms with Crippen molar-refractivity contribution < 1.29 is 23.8 Å². The summed E-state index contributed by atoms with van der Waals surface area (Å²) in [6.07, 6.45) is 1.43. The van der Waals surface area contributed by atoms with Gasteiger partial charge in [0.15, 0.2) is 11.5 Å². The van der Waals surface area contributed by atoms with Gasteiger partial charge in [-0.05, 0) is 59.7 Å². The number of halogens is 3. The highest BCUT2D eigenvalue weighted by atomic mass is 35.5. The Hall–Kier alpha value is -4.50. The summed E-state index contributed by atoms with van der Waals surface area (Å²) in [6.45, 7) is 0. The lowest BCUT2D eigenvalue weighted by atomic mass is 10.0. The number of fused-ring (bicyclic) bond motifs is 1. The third kappa shape index (κ3) is 6.06. The van der Waals surface area contributed by atoms with Gasteiger partial charge in [-0.2, -0.15) is 5.10 Å². The van der Waals surface area contributed by atoms with Crippen molar-refractivity contribution >= 4 is 63.8 Å². The lowest BCUT2D eigenvalue weighted by molar-refractivity contribution is 0.0726. The molecule has 0 saturated carbocycles. The fraction of sp³-hybridized carbons (Fsp3) is 0.0645. The highest BCUT2D eigenvalue weighted by Crippen LogP contribution is 2.38. The maximum atomic E-state index is 13.3. The molecule has 1 heterocycles. The number of aromatic amines is 1. The number of hydrogen-bond acceptors (Lipinski definition) is 6. The number of esters is 1. The first-order valence-electron chi connectivity index (χ1n) is 12.4.